The van der Waals surface area contributed by atoms with Crippen molar-refractivity contribution < 1.29 is 0 Å². The van der Waals surface area contributed by atoms with Gasteiger partial charge in [-0.3, -0.25) is 4.99 Å². The highest BCUT2D eigenvalue weighted by molar-refractivity contribution is 5.78. The van der Waals surface area contributed by atoms with Gasteiger partial charge in [-0.1, -0.05) is 111 Å². The first-order valence-corrected chi connectivity index (χ1v) is 14.0. The van der Waals surface area contributed by atoms with Crippen molar-refractivity contribution in [1.82, 2.24) is 10.3 Å². The van der Waals surface area contributed by atoms with Crippen LogP contribution in [0.15, 0.2) is 120 Å². The number of nitrogens with one attached hydrogen (secondary N) is 1. The van der Waals surface area contributed by atoms with Gasteiger partial charge < -0.3 is 5.32 Å². The van der Waals surface area contributed by atoms with Gasteiger partial charge in [-0.05, 0) is 74.1 Å². The number of aromatic nitrogens is 1. The molecule has 3 nitrogen and oxygen atoms in total. The van der Waals surface area contributed by atoms with Crippen molar-refractivity contribution in [3.05, 3.63) is 132 Å². The largest absolute Gasteiger partial charge is 0.313 e. The van der Waals surface area contributed by atoms with Gasteiger partial charge in [0.05, 0.1) is 17.1 Å². The van der Waals surface area contributed by atoms with Crippen LogP contribution in [0.2, 0.25) is 0 Å². The van der Waals surface area contributed by atoms with Crippen LogP contribution in [0.5, 0.6) is 0 Å². The minimum absolute atomic E-state index is 0.891. The number of benzene rings is 4. The van der Waals surface area contributed by atoms with Crippen molar-refractivity contribution in [3.8, 4) is 33.6 Å². The minimum Gasteiger partial charge on any atom is -0.313 e. The average molecular weight is 528 g/mol. The molecule has 0 unspecified atom stereocenters. The van der Waals surface area contributed by atoms with Crippen LogP contribution in [0.3, 0.4) is 0 Å². The Morgan fingerprint density at radius 2 is 1.27 bits per heavy atom. The molecule has 0 amide bonds. The van der Waals surface area contributed by atoms with E-state index in [1.807, 2.05) is 44.2 Å². The Hall–Kier alpha value is -4.34. The van der Waals surface area contributed by atoms with E-state index >= 15 is 0 Å². The van der Waals surface area contributed by atoms with E-state index in [-0.39, 0.29) is 0 Å². The molecule has 40 heavy (non-hydrogen) atoms. The molecule has 0 aliphatic rings. The van der Waals surface area contributed by atoms with E-state index in [1.54, 1.807) is 0 Å². The van der Waals surface area contributed by atoms with Crippen molar-refractivity contribution in [1.29, 1.82) is 0 Å². The maximum atomic E-state index is 4.86. The zero-order valence-electron chi connectivity index (χ0n) is 24.5. The van der Waals surface area contributed by atoms with Gasteiger partial charge in [0.15, 0.2) is 0 Å². The van der Waals surface area contributed by atoms with Crippen molar-refractivity contribution in [2.45, 2.75) is 41.2 Å². The molecule has 0 atom stereocenters. The lowest BCUT2D eigenvalue weighted by Crippen LogP contribution is -2.11. The highest BCUT2D eigenvalue weighted by Crippen LogP contribution is 2.31. The predicted octanol–water partition coefficient (Wildman–Crippen LogP) is 9.85. The summed E-state index contributed by atoms with van der Waals surface area (Å²) in [5.41, 5.74) is 11.5. The summed E-state index contributed by atoms with van der Waals surface area (Å²) in [5, 5.41) is 3.37. The molecule has 1 heterocycles. The average Bonchev–Trinajstić information content (AvgIpc) is 3.02. The smallest absolute Gasteiger partial charge is 0.0709 e. The summed E-state index contributed by atoms with van der Waals surface area (Å²) in [6.07, 6.45) is 0. The molecule has 0 saturated carbocycles. The maximum Gasteiger partial charge on any atom is 0.0709 e. The van der Waals surface area contributed by atoms with Crippen molar-refractivity contribution in [2.24, 2.45) is 4.99 Å². The molecule has 0 radical (unpaired) electrons. The van der Waals surface area contributed by atoms with Gasteiger partial charge in [-0.15, -0.1) is 0 Å². The molecule has 3 heteroatoms. The number of aliphatic imine (C=N–C) groups is 1. The molecule has 0 aliphatic carbocycles. The lowest BCUT2D eigenvalue weighted by molar-refractivity contribution is 0.727. The topological polar surface area (TPSA) is 37.3 Å². The Labute approximate surface area is 240 Å². The van der Waals surface area contributed by atoms with Crippen molar-refractivity contribution in [3.63, 3.8) is 0 Å². The number of para-hydroxylation sites is 1. The maximum absolute atomic E-state index is 4.86. The van der Waals surface area contributed by atoms with Gasteiger partial charge in [0.1, 0.15) is 0 Å². The quantitative estimate of drug-likeness (QED) is 0.214. The molecule has 1 aromatic heterocycles. The second-order valence-corrected chi connectivity index (χ2v) is 9.25. The number of hydrogen-bond acceptors (Lipinski definition) is 3. The summed E-state index contributed by atoms with van der Waals surface area (Å²) < 4.78 is 0. The first-order chi connectivity index (χ1) is 19.6. The van der Waals surface area contributed by atoms with Gasteiger partial charge in [0, 0.05) is 23.2 Å². The number of rotatable bonds is 7. The SMILES string of the molecule is C=Nc1ccccc1-c1ccccc1C.CC.CCNCc1cccc(-c2cccc(-c3cccc(C)c3)n2)c1. The summed E-state index contributed by atoms with van der Waals surface area (Å²) in [7, 11) is 0. The Balaban J connectivity index is 0.000000224. The molecule has 204 valence electrons. The van der Waals surface area contributed by atoms with Crippen LogP contribution in [0, 0.1) is 13.8 Å². The zero-order valence-corrected chi connectivity index (χ0v) is 24.5. The Morgan fingerprint density at radius 1 is 0.675 bits per heavy atom. The van der Waals surface area contributed by atoms with Gasteiger partial charge in [-0.25, -0.2) is 4.98 Å². The molecule has 1 N–H and O–H groups in total. The van der Waals surface area contributed by atoms with Crippen LogP contribution < -0.4 is 5.32 Å². The number of aryl methyl sites for hydroxylation is 2. The number of nitrogens with zero attached hydrogens (tertiary/aromatic N) is 2. The van der Waals surface area contributed by atoms with Gasteiger partial charge >= 0.3 is 0 Å². The van der Waals surface area contributed by atoms with Gasteiger partial charge in [0.25, 0.3) is 0 Å². The highest BCUT2D eigenvalue weighted by atomic mass is 14.8. The lowest BCUT2D eigenvalue weighted by atomic mass is 9.99. The molecule has 0 fully saturated rings. The third-order valence-corrected chi connectivity index (χ3v) is 6.37. The fraction of sp³-hybridized carbons (Fsp3) is 0.189. The predicted molar refractivity (Wildman–Crippen MR) is 174 cm³/mol. The Bertz CT molecular complexity index is 1500. The van der Waals surface area contributed by atoms with Crippen molar-refractivity contribution >= 4 is 12.4 Å². The van der Waals surface area contributed by atoms with Gasteiger partial charge in [0.2, 0.25) is 0 Å². The summed E-state index contributed by atoms with van der Waals surface area (Å²) in [6.45, 7) is 15.8. The fourth-order valence-electron chi connectivity index (χ4n) is 4.38. The summed E-state index contributed by atoms with van der Waals surface area (Å²) in [4.78, 5) is 8.89. The van der Waals surface area contributed by atoms with Crippen LogP contribution in [-0.2, 0) is 6.54 Å². The van der Waals surface area contributed by atoms with E-state index in [0.29, 0.717) is 0 Å². The molecule has 0 bridgehead atoms. The number of pyridine rings is 1. The second-order valence-electron chi connectivity index (χ2n) is 9.25. The summed E-state index contributed by atoms with van der Waals surface area (Å²) in [5.74, 6) is 0. The minimum atomic E-state index is 0.891. The zero-order chi connectivity index (χ0) is 28.7. The lowest BCUT2D eigenvalue weighted by Gasteiger charge is -2.08. The van der Waals surface area contributed by atoms with Crippen LogP contribution in [0.1, 0.15) is 37.5 Å². The Morgan fingerprint density at radius 3 is 1.93 bits per heavy atom. The van der Waals surface area contributed by atoms with Gasteiger partial charge in [-0.2, -0.15) is 0 Å². The van der Waals surface area contributed by atoms with E-state index in [0.717, 1.165) is 46.9 Å². The third kappa shape index (κ3) is 8.33. The second kappa shape index (κ2) is 15.9. The van der Waals surface area contributed by atoms with E-state index in [1.165, 1.54) is 22.3 Å². The van der Waals surface area contributed by atoms with Crippen LogP contribution in [-0.4, -0.2) is 18.2 Å². The third-order valence-electron chi connectivity index (χ3n) is 6.37. The van der Waals surface area contributed by atoms with Crippen LogP contribution in [0.25, 0.3) is 33.6 Å². The van der Waals surface area contributed by atoms with E-state index in [2.05, 4.69) is 123 Å². The molecular weight excluding hydrogens is 486 g/mol. The first-order valence-electron chi connectivity index (χ1n) is 14.0. The number of hydrogen-bond donors (Lipinski definition) is 1. The molecule has 5 rings (SSSR count). The summed E-state index contributed by atoms with van der Waals surface area (Å²) in [6, 6.07) is 39.6. The molecule has 0 saturated heterocycles. The van der Waals surface area contributed by atoms with E-state index in [9.17, 15) is 0 Å². The normalized spacial score (nSPS) is 10.0. The van der Waals surface area contributed by atoms with Crippen LogP contribution >= 0.6 is 0 Å². The van der Waals surface area contributed by atoms with Crippen LogP contribution in [0.4, 0.5) is 5.69 Å². The molecule has 5 aromatic rings. The fourth-order valence-corrected chi connectivity index (χ4v) is 4.38. The summed E-state index contributed by atoms with van der Waals surface area (Å²) >= 11 is 0. The Kier molecular flexibility index (Phi) is 12.0. The first kappa shape index (κ1) is 30.2. The van der Waals surface area contributed by atoms with E-state index in [4.69, 9.17) is 4.98 Å². The standard InChI is InChI=1S/C21H22N2.C14H13N.C2H6/c1-3-22-15-17-8-5-10-19(14-17)21-12-6-11-20(23-21)18-9-4-7-16(2)13-18;1-11-7-3-4-8-12(11)13-9-5-6-10-14(13)15-2;1-2/h4-14,22H,3,15H2,1-2H3;3-10H,2H2,1H3;1-2H3. The molecule has 0 aliphatic heterocycles. The molecule has 0 spiro atoms. The highest BCUT2D eigenvalue weighted by Gasteiger charge is 2.06. The van der Waals surface area contributed by atoms with Crippen molar-refractivity contribution in [2.75, 3.05) is 6.54 Å². The molecule has 4 aromatic carbocycles. The van der Waals surface area contributed by atoms with E-state index < -0.39 is 0 Å². The monoisotopic (exact) mass is 527 g/mol. The molecular formula is C37H41N3.